The number of rotatable bonds is 4. The molecule has 0 spiro atoms. The van der Waals surface area contributed by atoms with Crippen LogP contribution < -0.4 is 10.6 Å². The average Bonchev–Trinajstić information content (AvgIpc) is 2.60. The highest BCUT2D eigenvalue weighted by molar-refractivity contribution is 6.02. The minimum atomic E-state index is -0.310. The first-order valence-corrected chi connectivity index (χ1v) is 7.82. The van der Waals surface area contributed by atoms with Crippen LogP contribution >= 0.6 is 0 Å². The maximum Gasteiger partial charge on any atom is 0.276 e. The molecule has 0 bridgehead atoms. The Hall–Kier alpha value is -2.96. The molecule has 7 nitrogen and oxygen atoms in total. The van der Waals surface area contributed by atoms with Crippen LogP contribution in [0.2, 0.25) is 0 Å². The first-order chi connectivity index (χ1) is 11.6. The first kappa shape index (κ1) is 15.9. The molecule has 1 unspecified atom stereocenters. The van der Waals surface area contributed by atoms with Crippen LogP contribution in [0.1, 0.15) is 23.3 Å². The van der Waals surface area contributed by atoms with E-state index in [-0.39, 0.29) is 23.6 Å². The minimum absolute atomic E-state index is 0.0481. The Labute approximate surface area is 140 Å². The predicted molar refractivity (Wildman–Crippen MR) is 90.7 cm³/mol. The van der Waals surface area contributed by atoms with Crippen molar-refractivity contribution in [2.45, 2.75) is 18.9 Å². The van der Waals surface area contributed by atoms with Gasteiger partial charge in [-0.25, -0.2) is 0 Å². The van der Waals surface area contributed by atoms with E-state index in [1.807, 2.05) is 18.2 Å². The normalized spacial score (nSPS) is 17.5. The molecule has 2 aromatic rings. The van der Waals surface area contributed by atoms with Crippen molar-refractivity contribution in [3.63, 3.8) is 0 Å². The van der Waals surface area contributed by atoms with Gasteiger partial charge < -0.3 is 15.5 Å². The van der Waals surface area contributed by atoms with E-state index in [4.69, 9.17) is 0 Å². The van der Waals surface area contributed by atoms with Crippen molar-refractivity contribution in [1.29, 1.82) is 0 Å². The quantitative estimate of drug-likeness (QED) is 0.894. The van der Waals surface area contributed by atoms with Gasteiger partial charge in [0.15, 0.2) is 5.69 Å². The standard InChI is InChI=1S/C17H19N5O2/c1-22-10-9-13(11-16(22)23)18-15-8-7-14(20-21-15)17(24)19-12-5-3-2-4-6-12/h2-8,13H,9-11H2,1H3,(H,18,21)(H,19,24). The third-order valence-electron chi connectivity index (χ3n) is 3.94. The number of likely N-dealkylation sites (tertiary alicyclic amines) is 1. The number of amides is 2. The number of nitrogens with one attached hydrogen (secondary N) is 2. The Morgan fingerprint density at radius 3 is 2.62 bits per heavy atom. The van der Waals surface area contributed by atoms with E-state index in [2.05, 4.69) is 20.8 Å². The summed E-state index contributed by atoms with van der Waals surface area (Å²) >= 11 is 0. The number of hydrogen-bond acceptors (Lipinski definition) is 5. The molecular formula is C17H19N5O2. The lowest BCUT2D eigenvalue weighted by molar-refractivity contribution is -0.132. The summed E-state index contributed by atoms with van der Waals surface area (Å²) in [7, 11) is 1.80. The van der Waals surface area contributed by atoms with Crippen molar-refractivity contribution in [2.24, 2.45) is 0 Å². The van der Waals surface area contributed by atoms with Crippen LogP contribution in [0.5, 0.6) is 0 Å². The molecule has 24 heavy (non-hydrogen) atoms. The van der Waals surface area contributed by atoms with Crippen molar-refractivity contribution < 1.29 is 9.59 Å². The molecule has 1 atom stereocenters. The van der Waals surface area contributed by atoms with Gasteiger partial charge in [0.05, 0.1) is 0 Å². The molecule has 0 aliphatic carbocycles. The second kappa shape index (κ2) is 7.08. The molecule has 2 heterocycles. The maximum atomic E-state index is 12.1. The van der Waals surface area contributed by atoms with E-state index >= 15 is 0 Å². The zero-order valence-electron chi connectivity index (χ0n) is 13.4. The predicted octanol–water partition coefficient (Wildman–Crippen LogP) is 1.76. The highest BCUT2D eigenvalue weighted by Crippen LogP contribution is 2.15. The minimum Gasteiger partial charge on any atom is -0.365 e. The molecule has 1 aromatic carbocycles. The number of benzene rings is 1. The number of hydrogen-bond donors (Lipinski definition) is 2. The van der Waals surface area contributed by atoms with Crippen LogP contribution in [0, 0.1) is 0 Å². The van der Waals surface area contributed by atoms with Crippen LogP contribution in [0.25, 0.3) is 0 Å². The smallest absolute Gasteiger partial charge is 0.276 e. The number of piperidine rings is 1. The summed E-state index contributed by atoms with van der Waals surface area (Å²) in [6, 6.07) is 12.5. The molecule has 1 aliphatic rings. The van der Waals surface area contributed by atoms with Crippen molar-refractivity contribution >= 4 is 23.3 Å². The van der Waals surface area contributed by atoms with Crippen LogP contribution in [-0.4, -0.2) is 46.5 Å². The van der Waals surface area contributed by atoms with Gasteiger partial charge in [-0.15, -0.1) is 10.2 Å². The van der Waals surface area contributed by atoms with Gasteiger partial charge in [0.2, 0.25) is 5.91 Å². The van der Waals surface area contributed by atoms with E-state index in [0.717, 1.165) is 13.0 Å². The second-order valence-corrected chi connectivity index (χ2v) is 5.77. The maximum absolute atomic E-state index is 12.1. The molecule has 124 valence electrons. The van der Waals surface area contributed by atoms with Gasteiger partial charge in [0.1, 0.15) is 5.82 Å². The lowest BCUT2D eigenvalue weighted by Crippen LogP contribution is -2.41. The molecular weight excluding hydrogens is 306 g/mol. The molecule has 2 N–H and O–H groups in total. The number of aromatic nitrogens is 2. The van der Waals surface area contributed by atoms with Gasteiger partial charge in [-0.2, -0.15) is 0 Å². The van der Waals surface area contributed by atoms with Crippen molar-refractivity contribution in [3.8, 4) is 0 Å². The van der Waals surface area contributed by atoms with Crippen LogP contribution in [0.4, 0.5) is 11.5 Å². The molecule has 1 saturated heterocycles. The number of para-hydroxylation sites is 1. The number of nitrogens with zero attached hydrogens (tertiary/aromatic N) is 3. The largest absolute Gasteiger partial charge is 0.365 e. The molecule has 3 rings (SSSR count). The third-order valence-corrected chi connectivity index (χ3v) is 3.94. The lowest BCUT2D eigenvalue weighted by atomic mass is 10.1. The van der Waals surface area contributed by atoms with Gasteiger partial charge >= 0.3 is 0 Å². The van der Waals surface area contributed by atoms with Crippen LogP contribution in [0.3, 0.4) is 0 Å². The van der Waals surface area contributed by atoms with Crippen molar-refractivity contribution in [2.75, 3.05) is 24.2 Å². The highest BCUT2D eigenvalue weighted by atomic mass is 16.2. The van der Waals surface area contributed by atoms with E-state index in [9.17, 15) is 9.59 Å². The molecule has 2 amide bonds. The summed E-state index contributed by atoms with van der Waals surface area (Å²) in [6.07, 6.45) is 1.30. The third kappa shape index (κ3) is 3.87. The second-order valence-electron chi connectivity index (χ2n) is 5.77. The van der Waals surface area contributed by atoms with Crippen molar-refractivity contribution in [3.05, 3.63) is 48.2 Å². The van der Waals surface area contributed by atoms with Gasteiger partial charge in [0, 0.05) is 31.7 Å². The molecule has 0 saturated carbocycles. The van der Waals surface area contributed by atoms with E-state index in [1.54, 1.807) is 36.2 Å². The SMILES string of the molecule is CN1CCC(Nc2ccc(C(=O)Nc3ccccc3)nn2)CC1=O. The van der Waals surface area contributed by atoms with Gasteiger partial charge in [-0.1, -0.05) is 18.2 Å². The summed E-state index contributed by atoms with van der Waals surface area (Å²) in [5.74, 6) is 0.369. The summed E-state index contributed by atoms with van der Waals surface area (Å²) in [5, 5.41) is 13.9. The van der Waals surface area contributed by atoms with E-state index in [0.29, 0.717) is 17.9 Å². The molecule has 7 heteroatoms. The monoisotopic (exact) mass is 325 g/mol. The fraction of sp³-hybridized carbons (Fsp3) is 0.294. The van der Waals surface area contributed by atoms with Crippen molar-refractivity contribution in [1.82, 2.24) is 15.1 Å². The van der Waals surface area contributed by atoms with Gasteiger partial charge in [0.25, 0.3) is 5.91 Å². The summed E-state index contributed by atoms with van der Waals surface area (Å²) in [6.45, 7) is 0.724. The Bertz CT molecular complexity index is 718. The summed E-state index contributed by atoms with van der Waals surface area (Å²) in [4.78, 5) is 25.5. The Morgan fingerprint density at radius 2 is 1.96 bits per heavy atom. The Kier molecular flexibility index (Phi) is 4.69. The zero-order valence-corrected chi connectivity index (χ0v) is 13.4. The van der Waals surface area contributed by atoms with Gasteiger partial charge in [-0.05, 0) is 30.7 Å². The fourth-order valence-corrected chi connectivity index (χ4v) is 2.52. The topological polar surface area (TPSA) is 87.2 Å². The lowest BCUT2D eigenvalue weighted by Gasteiger charge is -2.29. The van der Waals surface area contributed by atoms with E-state index < -0.39 is 0 Å². The molecule has 1 aliphatic heterocycles. The Morgan fingerprint density at radius 1 is 1.17 bits per heavy atom. The molecule has 0 radical (unpaired) electrons. The highest BCUT2D eigenvalue weighted by Gasteiger charge is 2.23. The van der Waals surface area contributed by atoms with Gasteiger partial charge in [-0.3, -0.25) is 9.59 Å². The Balaban J connectivity index is 1.59. The number of anilines is 2. The summed E-state index contributed by atoms with van der Waals surface area (Å²) < 4.78 is 0. The first-order valence-electron chi connectivity index (χ1n) is 7.82. The van der Waals surface area contributed by atoms with E-state index in [1.165, 1.54) is 0 Å². The fourth-order valence-electron chi connectivity index (χ4n) is 2.52. The molecule has 1 aromatic heterocycles. The van der Waals surface area contributed by atoms with Crippen LogP contribution in [0.15, 0.2) is 42.5 Å². The summed E-state index contributed by atoms with van der Waals surface area (Å²) in [5.41, 5.74) is 0.945. The average molecular weight is 325 g/mol. The number of carbonyl (C=O) groups is 2. The zero-order chi connectivity index (χ0) is 16.9. The molecule has 1 fully saturated rings. The number of carbonyl (C=O) groups excluding carboxylic acids is 2. The van der Waals surface area contributed by atoms with Crippen LogP contribution in [-0.2, 0) is 4.79 Å².